The Labute approximate surface area is 75.2 Å². The van der Waals surface area contributed by atoms with E-state index in [0.29, 0.717) is 11.6 Å². The van der Waals surface area contributed by atoms with Crippen molar-refractivity contribution < 1.29 is 4.42 Å². The fourth-order valence-electron chi connectivity index (χ4n) is 1.15. The van der Waals surface area contributed by atoms with E-state index in [0.717, 1.165) is 11.1 Å². The SMILES string of the molecule is Nc1ccc(-c2ccoc2)c(N)n1. The molecule has 66 valence electrons. The Kier molecular flexibility index (Phi) is 1.66. The summed E-state index contributed by atoms with van der Waals surface area (Å²) in [6.07, 6.45) is 3.20. The van der Waals surface area contributed by atoms with Gasteiger partial charge in [-0.15, -0.1) is 0 Å². The second kappa shape index (κ2) is 2.82. The number of hydrogen-bond donors (Lipinski definition) is 2. The Balaban J connectivity index is 2.53. The first-order chi connectivity index (χ1) is 6.27. The molecular formula is C9H9N3O. The summed E-state index contributed by atoms with van der Waals surface area (Å²) in [5.74, 6) is 0.839. The molecule has 13 heavy (non-hydrogen) atoms. The molecule has 0 bridgehead atoms. The van der Waals surface area contributed by atoms with Crippen LogP contribution in [0.3, 0.4) is 0 Å². The van der Waals surface area contributed by atoms with Crippen molar-refractivity contribution in [1.29, 1.82) is 0 Å². The fourth-order valence-corrected chi connectivity index (χ4v) is 1.15. The molecule has 0 unspecified atom stereocenters. The van der Waals surface area contributed by atoms with E-state index in [-0.39, 0.29) is 0 Å². The molecule has 2 rings (SSSR count). The van der Waals surface area contributed by atoms with Crippen molar-refractivity contribution in [3.05, 3.63) is 30.7 Å². The Bertz CT molecular complexity index is 409. The first kappa shape index (κ1) is 7.67. The largest absolute Gasteiger partial charge is 0.472 e. The van der Waals surface area contributed by atoms with E-state index in [9.17, 15) is 0 Å². The van der Waals surface area contributed by atoms with Crippen molar-refractivity contribution in [3.8, 4) is 11.1 Å². The van der Waals surface area contributed by atoms with Crippen LogP contribution in [0.4, 0.5) is 11.6 Å². The van der Waals surface area contributed by atoms with Crippen molar-refractivity contribution in [1.82, 2.24) is 4.98 Å². The van der Waals surface area contributed by atoms with Gasteiger partial charge in [0.2, 0.25) is 0 Å². The minimum absolute atomic E-state index is 0.418. The Hall–Kier alpha value is -1.97. The highest BCUT2D eigenvalue weighted by molar-refractivity contribution is 5.73. The molecule has 0 saturated carbocycles. The highest BCUT2D eigenvalue weighted by Crippen LogP contribution is 2.25. The van der Waals surface area contributed by atoms with Gasteiger partial charge in [0.05, 0.1) is 12.5 Å². The molecule has 4 heteroatoms. The first-order valence-electron chi connectivity index (χ1n) is 3.82. The lowest BCUT2D eigenvalue weighted by molar-refractivity contribution is 0.568. The van der Waals surface area contributed by atoms with E-state index in [1.165, 1.54) is 0 Å². The van der Waals surface area contributed by atoms with Crippen molar-refractivity contribution >= 4 is 11.6 Å². The van der Waals surface area contributed by atoms with Crippen molar-refractivity contribution in [2.24, 2.45) is 0 Å². The van der Waals surface area contributed by atoms with Crippen molar-refractivity contribution in [2.75, 3.05) is 11.5 Å². The zero-order valence-electron chi connectivity index (χ0n) is 6.90. The summed E-state index contributed by atoms with van der Waals surface area (Å²) < 4.78 is 4.94. The zero-order valence-corrected chi connectivity index (χ0v) is 6.90. The third kappa shape index (κ3) is 1.33. The zero-order chi connectivity index (χ0) is 9.26. The molecule has 4 N–H and O–H groups in total. The standard InChI is InChI=1S/C9H9N3O/c10-8-2-1-7(9(11)12-8)6-3-4-13-5-6/h1-5H,(H4,10,11,12). The maximum Gasteiger partial charge on any atom is 0.133 e. The van der Waals surface area contributed by atoms with Gasteiger partial charge in [0.1, 0.15) is 11.6 Å². The summed E-state index contributed by atoms with van der Waals surface area (Å²) in [6, 6.07) is 5.35. The lowest BCUT2D eigenvalue weighted by Crippen LogP contribution is -1.97. The molecule has 0 radical (unpaired) electrons. The van der Waals surface area contributed by atoms with Crippen LogP contribution in [0.2, 0.25) is 0 Å². The van der Waals surface area contributed by atoms with Gasteiger partial charge in [-0.05, 0) is 18.2 Å². The molecule has 0 aliphatic rings. The average Bonchev–Trinajstić information content (AvgIpc) is 2.56. The van der Waals surface area contributed by atoms with E-state index >= 15 is 0 Å². The van der Waals surface area contributed by atoms with Gasteiger partial charge in [-0.1, -0.05) is 0 Å². The number of furan rings is 1. The summed E-state index contributed by atoms with van der Waals surface area (Å²) in [5.41, 5.74) is 12.9. The molecule has 2 heterocycles. The summed E-state index contributed by atoms with van der Waals surface area (Å²) in [7, 11) is 0. The molecule has 0 amide bonds. The molecule has 2 aromatic rings. The number of rotatable bonds is 1. The number of pyridine rings is 1. The predicted octanol–water partition coefficient (Wildman–Crippen LogP) is 1.51. The predicted molar refractivity (Wildman–Crippen MR) is 50.8 cm³/mol. The molecule has 0 saturated heterocycles. The van der Waals surface area contributed by atoms with Crippen LogP contribution in [0.5, 0.6) is 0 Å². The van der Waals surface area contributed by atoms with E-state index in [1.54, 1.807) is 18.6 Å². The van der Waals surface area contributed by atoms with Crippen LogP contribution in [-0.2, 0) is 0 Å². The second-order valence-electron chi connectivity index (χ2n) is 2.68. The second-order valence-corrected chi connectivity index (χ2v) is 2.68. The van der Waals surface area contributed by atoms with E-state index < -0.39 is 0 Å². The lowest BCUT2D eigenvalue weighted by atomic mass is 10.1. The molecule has 0 atom stereocenters. The van der Waals surface area contributed by atoms with Crippen LogP contribution in [0, 0.1) is 0 Å². The number of aromatic nitrogens is 1. The minimum atomic E-state index is 0.418. The molecular weight excluding hydrogens is 166 g/mol. The molecule has 0 aromatic carbocycles. The van der Waals surface area contributed by atoms with Gasteiger partial charge in [0, 0.05) is 11.1 Å². The molecule has 2 aromatic heterocycles. The van der Waals surface area contributed by atoms with Gasteiger partial charge >= 0.3 is 0 Å². The Morgan fingerprint density at radius 3 is 2.62 bits per heavy atom. The van der Waals surface area contributed by atoms with Gasteiger partial charge in [-0.25, -0.2) is 4.98 Å². The van der Waals surface area contributed by atoms with Crippen LogP contribution >= 0.6 is 0 Å². The third-order valence-corrected chi connectivity index (χ3v) is 1.78. The van der Waals surface area contributed by atoms with Crippen LogP contribution in [0.25, 0.3) is 11.1 Å². The highest BCUT2D eigenvalue weighted by atomic mass is 16.3. The summed E-state index contributed by atoms with van der Waals surface area (Å²) in [5, 5.41) is 0. The number of anilines is 2. The summed E-state index contributed by atoms with van der Waals surface area (Å²) in [4.78, 5) is 3.94. The number of nitrogens with two attached hydrogens (primary N) is 2. The Morgan fingerprint density at radius 2 is 2.00 bits per heavy atom. The molecule has 4 nitrogen and oxygen atoms in total. The third-order valence-electron chi connectivity index (χ3n) is 1.78. The lowest BCUT2D eigenvalue weighted by Gasteiger charge is -2.01. The fraction of sp³-hybridized carbons (Fsp3) is 0. The maximum atomic E-state index is 5.68. The quantitative estimate of drug-likeness (QED) is 0.688. The van der Waals surface area contributed by atoms with Crippen LogP contribution in [0.1, 0.15) is 0 Å². The minimum Gasteiger partial charge on any atom is -0.472 e. The number of hydrogen-bond acceptors (Lipinski definition) is 4. The van der Waals surface area contributed by atoms with Crippen LogP contribution in [0.15, 0.2) is 35.1 Å². The normalized spacial score (nSPS) is 10.2. The maximum absolute atomic E-state index is 5.68. The number of nitrogens with zero attached hydrogens (tertiary/aromatic N) is 1. The Morgan fingerprint density at radius 1 is 1.15 bits per heavy atom. The molecule has 0 aliphatic carbocycles. The average molecular weight is 175 g/mol. The van der Waals surface area contributed by atoms with E-state index in [4.69, 9.17) is 15.9 Å². The smallest absolute Gasteiger partial charge is 0.133 e. The monoisotopic (exact) mass is 175 g/mol. The first-order valence-corrected chi connectivity index (χ1v) is 3.82. The molecule has 0 spiro atoms. The molecule has 0 fully saturated rings. The summed E-state index contributed by atoms with van der Waals surface area (Å²) >= 11 is 0. The van der Waals surface area contributed by atoms with Gasteiger partial charge in [0.25, 0.3) is 0 Å². The van der Waals surface area contributed by atoms with Crippen LogP contribution in [-0.4, -0.2) is 4.98 Å². The van der Waals surface area contributed by atoms with E-state index in [1.807, 2.05) is 12.1 Å². The van der Waals surface area contributed by atoms with Gasteiger partial charge in [-0.2, -0.15) is 0 Å². The van der Waals surface area contributed by atoms with Gasteiger partial charge in [-0.3, -0.25) is 0 Å². The van der Waals surface area contributed by atoms with Crippen LogP contribution < -0.4 is 11.5 Å². The topological polar surface area (TPSA) is 78.1 Å². The summed E-state index contributed by atoms with van der Waals surface area (Å²) in [6.45, 7) is 0. The van der Waals surface area contributed by atoms with E-state index in [2.05, 4.69) is 4.98 Å². The molecule has 0 aliphatic heterocycles. The van der Waals surface area contributed by atoms with Gasteiger partial charge in [0.15, 0.2) is 0 Å². The number of nitrogen functional groups attached to an aromatic ring is 2. The van der Waals surface area contributed by atoms with Gasteiger partial charge < -0.3 is 15.9 Å². The van der Waals surface area contributed by atoms with Crippen molar-refractivity contribution in [3.63, 3.8) is 0 Å². The van der Waals surface area contributed by atoms with Crippen molar-refractivity contribution in [2.45, 2.75) is 0 Å². The highest BCUT2D eigenvalue weighted by Gasteiger charge is 2.04.